The molecule has 0 fully saturated rings. The van der Waals surface area contributed by atoms with Crippen LogP contribution in [0.5, 0.6) is 0 Å². The van der Waals surface area contributed by atoms with Crippen molar-refractivity contribution in [1.82, 2.24) is 15.8 Å². The Bertz CT molecular complexity index is 221. The van der Waals surface area contributed by atoms with Crippen molar-refractivity contribution in [2.24, 2.45) is 0 Å². The van der Waals surface area contributed by atoms with E-state index in [-0.39, 0.29) is 0 Å². The molecule has 0 rings (SSSR count). The monoisotopic (exact) mass is 201 g/mol. The predicted octanol–water partition coefficient (Wildman–Crippen LogP) is 1.05. The van der Waals surface area contributed by atoms with Crippen LogP contribution in [0.4, 0.5) is 4.79 Å². The molecule has 0 bridgehead atoms. The molecule has 0 aliphatic heterocycles. The number of ether oxygens (including phenoxy) is 1. The van der Waals surface area contributed by atoms with Gasteiger partial charge in [-0.1, -0.05) is 6.58 Å². The van der Waals surface area contributed by atoms with Gasteiger partial charge in [0, 0.05) is 14.1 Å². The first-order chi connectivity index (χ1) is 6.26. The van der Waals surface area contributed by atoms with Crippen LogP contribution in [-0.2, 0) is 4.74 Å². The molecule has 0 saturated heterocycles. The summed E-state index contributed by atoms with van der Waals surface area (Å²) in [6, 6.07) is 0. The van der Waals surface area contributed by atoms with E-state index < -0.39 is 11.7 Å². The third-order valence-electron chi connectivity index (χ3n) is 1.39. The Morgan fingerprint density at radius 3 is 2.29 bits per heavy atom. The first-order valence-corrected chi connectivity index (χ1v) is 4.36. The molecule has 0 saturated carbocycles. The van der Waals surface area contributed by atoms with Crippen molar-refractivity contribution in [3.63, 3.8) is 0 Å². The Morgan fingerprint density at radius 1 is 1.43 bits per heavy atom. The molecule has 0 spiro atoms. The lowest BCUT2D eigenvalue weighted by atomic mass is 10.2. The summed E-state index contributed by atoms with van der Waals surface area (Å²) in [7, 11) is 3.46. The number of hydrogen-bond donors (Lipinski definition) is 2. The summed E-state index contributed by atoms with van der Waals surface area (Å²) in [5.74, 6) is 0.432. The Kier molecular flexibility index (Phi) is 4.43. The zero-order valence-corrected chi connectivity index (χ0v) is 9.47. The van der Waals surface area contributed by atoms with Gasteiger partial charge in [-0.3, -0.25) is 10.3 Å². The number of nitrogens with one attached hydrogen (secondary N) is 2. The van der Waals surface area contributed by atoms with Gasteiger partial charge in [0.2, 0.25) is 0 Å². The second kappa shape index (κ2) is 4.85. The van der Waals surface area contributed by atoms with E-state index in [1.54, 1.807) is 39.9 Å². The maximum absolute atomic E-state index is 11.2. The molecule has 0 aromatic carbocycles. The van der Waals surface area contributed by atoms with Gasteiger partial charge in [-0.05, 0) is 20.8 Å². The minimum Gasteiger partial charge on any atom is -0.444 e. The number of hydrazine groups is 1. The molecule has 2 N–H and O–H groups in total. The van der Waals surface area contributed by atoms with Gasteiger partial charge >= 0.3 is 6.09 Å². The highest BCUT2D eigenvalue weighted by Crippen LogP contribution is 2.06. The van der Waals surface area contributed by atoms with Gasteiger partial charge in [-0.25, -0.2) is 10.2 Å². The van der Waals surface area contributed by atoms with Gasteiger partial charge in [-0.2, -0.15) is 0 Å². The molecular formula is C9H19N3O2. The predicted molar refractivity (Wildman–Crippen MR) is 55.3 cm³/mol. The number of carbonyl (C=O) groups excluding carboxylic acids is 1. The van der Waals surface area contributed by atoms with E-state index in [1.165, 1.54) is 0 Å². The summed E-state index contributed by atoms with van der Waals surface area (Å²) in [5, 5.41) is 4.07. The van der Waals surface area contributed by atoms with Crippen molar-refractivity contribution in [1.29, 1.82) is 0 Å². The molecule has 5 heteroatoms. The Morgan fingerprint density at radius 2 is 1.93 bits per heavy atom. The van der Waals surface area contributed by atoms with Crippen LogP contribution in [0, 0.1) is 0 Å². The van der Waals surface area contributed by atoms with Gasteiger partial charge in [0.05, 0.1) is 0 Å². The summed E-state index contributed by atoms with van der Waals surface area (Å²) in [5.41, 5.74) is 2.30. The Labute approximate surface area is 85.1 Å². The second-order valence-corrected chi connectivity index (χ2v) is 3.86. The number of hydrogen-bond acceptors (Lipinski definition) is 4. The quantitative estimate of drug-likeness (QED) is 0.670. The van der Waals surface area contributed by atoms with E-state index in [0.717, 1.165) is 0 Å². The third-order valence-corrected chi connectivity index (χ3v) is 1.39. The van der Waals surface area contributed by atoms with Crippen LogP contribution in [0.1, 0.15) is 20.8 Å². The molecule has 14 heavy (non-hydrogen) atoms. The highest BCUT2D eigenvalue weighted by molar-refractivity contribution is 5.69. The van der Waals surface area contributed by atoms with E-state index in [9.17, 15) is 4.79 Å². The van der Waals surface area contributed by atoms with Crippen molar-refractivity contribution in [3.05, 3.63) is 12.4 Å². The number of alkyl carbamates (subject to hydrolysis) is 1. The van der Waals surface area contributed by atoms with Crippen molar-refractivity contribution >= 4 is 6.09 Å². The smallest absolute Gasteiger partial charge is 0.413 e. The maximum atomic E-state index is 11.2. The lowest BCUT2D eigenvalue weighted by molar-refractivity contribution is 0.0525. The van der Waals surface area contributed by atoms with Gasteiger partial charge in [0.25, 0.3) is 0 Å². The topological polar surface area (TPSA) is 53.6 Å². The standard InChI is InChI=1S/C9H19N3O2/c1-7(12(6)10-5)11-8(13)14-9(2,3)4/h10H,1H2,2-6H3,(H,11,13). The summed E-state index contributed by atoms with van der Waals surface area (Å²) in [4.78, 5) is 11.2. The van der Waals surface area contributed by atoms with E-state index in [4.69, 9.17) is 4.74 Å². The van der Waals surface area contributed by atoms with Crippen molar-refractivity contribution in [2.45, 2.75) is 26.4 Å². The zero-order chi connectivity index (χ0) is 11.4. The van der Waals surface area contributed by atoms with Crippen LogP contribution in [0.2, 0.25) is 0 Å². The van der Waals surface area contributed by atoms with Crippen molar-refractivity contribution < 1.29 is 9.53 Å². The molecule has 0 aromatic rings. The average molecular weight is 201 g/mol. The van der Waals surface area contributed by atoms with E-state index in [1.807, 2.05) is 0 Å². The van der Waals surface area contributed by atoms with E-state index >= 15 is 0 Å². The number of amides is 1. The van der Waals surface area contributed by atoms with Crippen LogP contribution in [0.15, 0.2) is 12.4 Å². The molecular weight excluding hydrogens is 182 g/mol. The fourth-order valence-corrected chi connectivity index (χ4v) is 0.640. The van der Waals surface area contributed by atoms with Crippen LogP contribution in [-0.4, -0.2) is 30.8 Å². The molecule has 0 aliphatic carbocycles. The van der Waals surface area contributed by atoms with Gasteiger partial charge in [0.15, 0.2) is 0 Å². The highest BCUT2D eigenvalue weighted by Gasteiger charge is 2.16. The molecule has 0 aromatic heterocycles. The molecule has 1 amide bonds. The fraction of sp³-hybridized carbons (Fsp3) is 0.667. The first kappa shape index (κ1) is 12.8. The number of rotatable bonds is 3. The van der Waals surface area contributed by atoms with E-state index in [0.29, 0.717) is 5.82 Å². The van der Waals surface area contributed by atoms with E-state index in [2.05, 4.69) is 17.3 Å². The second-order valence-electron chi connectivity index (χ2n) is 3.86. The molecule has 0 heterocycles. The molecule has 0 unspecified atom stereocenters. The van der Waals surface area contributed by atoms with Crippen molar-refractivity contribution in [2.75, 3.05) is 14.1 Å². The minimum atomic E-state index is -0.510. The lowest BCUT2D eigenvalue weighted by Gasteiger charge is -2.23. The molecule has 0 aliphatic rings. The normalized spacial score (nSPS) is 10.6. The van der Waals surface area contributed by atoms with Gasteiger partial charge in [0.1, 0.15) is 11.4 Å². The Balaban J connectivity index is 4.02. The fourth-order valence-electron chi connectivity index (χ4n) is 0.640. The van der Waals surface area contributed by atoms with Gasteiger partial charge < -0.3 is 4.74 Å². The molecule has 82 valence electrons. The summed E-state index contributed by atoms with van der Waals surface area (Å²) >= 11 is 0. The third kappa shape index (κ3) is 5.42. The minimum absolute atomic E-state index is 0.432. The molecule has 0 atom stereocenters. The van der Waals surface area contributed by atoms with Crippen molar-refractivity contribution in [3.8, 4) is 0 Å². The molecule has 5 nitrogen and oxygen atoms in total. The summed E-state index contributed by atoms with van der Waals surface area (Å²) in [6.45, 7) is 9.06. The van der Waals surface area contributed by atoms with Gasteiger partial charge in [-0.15, -0.1) is 0 Å². The number of nitrogens with zero attached hydrogens (tertiary/aromatic N) is 1. The number of carbonyl (C=O) groups is 1. The maximum Gasteiger partial charge on any atom is 0.413 e. The molecule has 0 radical (unpaired) electrons. The first-order valence-electron chi connectivity index (χ1n) is 4.36. The SMILES string of the molecule is C=C(NC(=O)OC(C)(C)C)N(C)NC. The van der Waals surface area contributed by atoms with Crippen LogP contribution >= 0.6 is 0 Å². The summed E-state index contributed by atoms with van der Waals surface area (Å²) in [6.07, 6.45) is -0.510. The summed E-state index contributed by atoms with van der Waals surface area (Å²) < 4.78 is 5.04. The zero-order valence-electron chi connectivity index (χ0n) is 9.47. The van der Waals surface area contributed by atoms with Crippen LogP contribution < -0.4 is 10.7 Å². The Hall–Kier alpha value is -1.23. The van der Waals surface area contributed by atoms with Crippen LogP contribution in [0.25, 0.3) is 0 Å². The average Bonchev–Trinajstić information content (AvgIpc) is 1.99. The lowest BCUT2D eigenvalue weighted by Crippen LogP contribution is -2.40. The largest absolute Gasteiger partial charge is 0.444 e. The van der Waals surface area contributed by atoms with Crippen LogP contribution in [0.3, 0.4) is 0 Å². The highest BCUT2D eigenvalue weighted by atomic mass is 16.6.